The van der Waals surface area contributed by atoms with Gasteiger partial charge in [-0.15, -0.1) is 0 Å². The maximum absolute atomic E-state index is 12.4. The first-order chi connectivity index (χ1) is 8.70. The fraction of sp³-hybridized carbons (Fsp3) is 0.923. The first kappa shape index (κ1) is 13.8. The van der Waals surface area contributed by atoms with E-state index >= 15 is 0 Å². The van der Waals surface area contributed by atoms with Gasteiger partial charge in [0.25, 0.3) is 0 Å². The molecule has 2 rings (SSSR count). The molecule has 5 nitrogen and oxygen atoms in total. The molecule has 1 atom stereocenters. The van der Waals surface area contributed by atoms with Gasteiger partial charge < -0.3 is 15.0 Å². The molecule has 5 heteroatoms. The number of nitrogens with one attached hydrogen (secondary N) is 1. The zero-order valence-electron chi connectivity index (χ0n) is 11.5. The smallest absolute Gasteiger partial charge is 0.239 e. The van der Waals surface area contributed by atoms with Gasteiger partial charge in [0, 0.05) is 45.4 Å². The highest BCUT2D eigenvalue weighted by atomic mass is 16.5. The highest BCUT2D eigenvalue weighted by Crippen LogP contribution is 2.16. The molecule has 18 heavy (non-hydrogen) atoms. The summed E-state index contributed by atoms with van der Waals surface area (Å²) in [5.41, 5.74) is 0. The first-order valence-electron chi connectivity index (χ1n) is 6.99. The molecule has 0 aromatic carbocycles. The van der Waals surface area contributed by atoms with Crippen molar-refractivity contribution in [1.82, 2.24) is 15.1 Å². The second-order valence-corrected chi connectivity index (χ2v) is 5.26. The van der Waals surface area contributed by atoms with Gasteiger partial charge in [-0.3, -0.25) is 9.69 Å². The molecule has 0 bridgehead atoms. The summed E-state index contributed by atoms with van der Waals surface area (Å²) in [6.07, 6.45) is 2.07. The maximum atomic E-state index is 12.4. The minimum atomic E-state index is -0.0220. The Bertz CT molecular complexity index is 273. The van der Waals surface area contributed by atoms with Crippen LogP contribution in [0.5, 0.6) is 0 Å². The summed E-state index contributed by atoms with van der Waals surface area (Å²) in [6.45, 7) is 7.18. The van der Waals surface area contributed by atoms with Crippen LogP contribution in [0.3, 0.4) is 0 Å². The van der Waals surface area contributed by atoms with E-state index < -0.39 is 0 Å². The van der Waals surface area contributed by atoms with Crippen LogP contribution in [0.4, 0.5) is 0 Å². The Morgan fingerprint density at radius 3 is 2.56 bits per heavy atom. The molecule has 0 spiro atoms. The summed E-state index contributed by atoms with van der Waals surface area (Å²) in [6, 6.07) is 0.465. The van der Waals surface area contributed by atoms with Crippen molar-refractivity contribution >= 4 is 5.91 Å². The molecule has 104 valence electrons. The number of nitrogens with zero attached hydrogens (tertiary/aromatic N) is 2. The van der Waals surface area contributed by atoms with Crippen LogP contribution in [0.25, 0.3) is 0 Å². The molecule has 2 heterocycles. The van der Waals surface area contributed by atoms with Crippen LogP contribution in [-0.4, -0.2) is 74.2 Å². The van der Waals surface area contributed by atoms with Gasteiger partial charge in [0.05, 0.1) is 6.04 Å². The molecule has 1 unspecified atom stereocenters. The van der Waals surface area contributed by atoms with Crippen molar-refractivity contribution in [1.29, 1.82) is 0 Å². The van der Waals surface area contributed by atoms with Crippen LogP contribution in [0.1, 0.15) is 19.8 Å². The number of amides is 1. The van der Waals surface area contributed by atoms with E-state index in [2.05, 4.69) is 17.3 Å². The highest BCUT2D eigenvalue weighted by molar-refractivity contribution is 5.81. The largest absolute Gasteiger partial charge is 0.381 e. The minimum absolute atomic E-state index is 0.0220. The summed E-state index contributed by atoms with van der Waals surface area (Å²) in [7, 11) is 2.07. The van der Waals surface area contributed by atoms with Crippen molar-refractivity contribution in [2.24, 2.45) is 0 Å². The van der Waals surface area contributed by atoms with Crippen molar-refractivity contribution in [3.05, 3.63) is 0 Å². The first-order valence-corrected chi connectivity index (χ1v) is 6.99. The third-order valence-corrected chi connectivity index (χ3v) is 4.16. The second-order valence-electron chi connectivity index (χ2n) is 5.26. The van der Waals surface area contributed by atoms with E-state index in [9.17, 15) is 4.79 Å². The molecule has 1 N–H and O–H groups in total. The molecule has 0 aliphatic carbocycles. The Morgan fingerprint density at radius 1 is 1.33 bits per heavy atom. The molecule has 2 aliphatic heterocycles. The lowest BCUT2D eigenvalue weighted by molar-refractivity contribution is -0.138. The summed E-state index contributed by atoms with van der Waals surface area (Å²) in [5.74, 6) is 0.269. The van der Waals surface area contributed by atoms with E-state index in [1.165, 1.54) is 0 Å². The molecule has 0 aromatic rings. The molecule has 0 radical (unpaired) electrons. The van der Waals surface area contributed by atoms with Gasteiger partial charge in [-0.2, -0.15) is 0 Å². The molecule has 2 saturated heterocycles. The minimum Gasteiger partial charge on any atom is -0.381 e. The van der Waals surface area contributed by atoms with Crippen LogP contribution in [0.2, 0.25) is 0 Å². The van der Waals surface area contributed by atoms with Crippen LogP contribution < -0.4 is 5.32 Å². The number of hydrogen-bond donors (Lipinski definition) is 1. The fourth-order valence-corrected chi connectivity index (χ4v) is 2.73. The van der Waals surface area contributed by atoms with Crippen LogP contribution in [0.15, 0.2) is 0 Å². The van der Waals surface area contributed by atoms with Gasteiger partial charge in [0.15, 0.2) is 0 Å². The van der Waals surface area contributed by atoms with Gasteiger partial charge in [-0.05, 0) is 26.8 Å². The van der Waals surface area contributed by atoms with Crippen molar-refractivity contribution < 1.29 is 9.53 Å². The number of hydrogen-bond acceptors (Lipinski definition) is 4. The van der Waals surface area contributed by atoms with E-state index in [1.807, 2.05) is 11.8 Å². The molecule has 0 aromatic heterocycles. The summed E-state index contributed by atoms with van der Waals surface area (Å²) in [5, 5.41) is 3.28. The van der Waals surface area contributed by atoms with Crippen LogP contribution in [-0.2, 0) is 9.53 Å². The number of rotatable bonds is 3. The van der Waals surface area contributed by atoms with E-state index in [0.717, 1.165) is 52.2 Å². The Balaban J connectivity index is 1.87. The second kappa shape index (κ2) is 6.50. The number of likely N-dealkylation sites (N-methyl/N-ethyl adjacent to an activating group) is 1. The predicted octanol–water partition coefficient (Wildman–Crippen LogP) is -0.0825. The number of carbonyl (C=O) groups excluding carboxylic acids is 1. The maximum Gasteiger partial charge on any atom is 0.239 e. The lowest BCUT2D eigenvalue weighted by Crippen LogP contribution is -2.54. The third-order valence-electron chi connectivity index (χ3n) is 4.16. The fourth-order valence-electron chi connectivity index (χ4n) is 2.73. The molecule has 1 amide bonds. The molecule has 2 aliphatic rings. The normalized spacial score (nSPS) is 24.3. The van der Waals surface area contributed by atoms with Crippen molar-refractivity contribution in [2.45, 2.75) is 31.8 Å². The Kier molecular flexibility index (Phi) is 4.97. The standard InChI is InChI=1S/C13H25N3O2/c1-11(13(17)16-7-5-14-6-8-16)15(2)12-3-9-18-10-4-12/h11-12,14H,3-10H2,1-2H3. The monoisotopic (exact) mass is 255 g/mol. The molecular weight excluding hydrogens is 230 g/mol. The Hall–Kier alpha value is -0.650. The average molecular weight is 255 g/mol. The SMILES string of the molecule is CC(C(=O)N1CCNCC1)N(C)C1CCOCC1. The van der Waals surface area contributed by atoms with Crippen LogP contribution >= 0.6 is 0 Å². The zero-order chi connectivity index (χ0) is 13.0. The van der Waals surface area contributed by atoms with Gasteiger partial charge >= 0.3 is 0 Å². The predicted molar refractivity (Wildman–Crippen MR) is 70.5 cm³/mol. The summed E-state index contributed by atoms with van der Waals surface area (Å²) in [4.78, 5) is 16.6. The zero-order valence-corrected chi connectivity index (χ0v) is 11.5. The average Bonchev–Trinajstić information content (AvgIpc) is 2.47. The summed E-state index contributed by atoms with van der Waals surface area (Å²) < 4.78 is 5.38. The van der Waals surface area contributed by atoms with Gasteiger partial charge in [-0.25, -0.2) is 0 Å². The van der Waals surface area contributed by atoms with E-state index in [-0.39, 0.29) is 11.9 Å². The highest BCUT2D eigenvalue weighted by Gasteiger charge is 2.29. The van der Waals surface area contributed by atoms with Crippen molar-refractivity contribution in [3.8, 4) is 0 Å². The quantitative estimate of drug-likeness (QED) is 0.766. The van der Waals surface area contributed by atoms with Crippen molar-refractivity contribution in [3.63, 3.8) is 0 Å². The summed E-state index contributed by atoms with van der Waals surface area (Å²) >= 11 is 0. The van der Waals surface area contributed by atoms with Gasteiger partial charge in [0.1, 0.15) is 0 Å². The number of ether oxygens (including phenoxy) is 1. The van der Waals surface area contributed by atoms with Crippen LogP contribution in [0, 0.1) is 0 Å². The number of piperazine rings is 1. The van der Waals surface area contributed by atoms with Gasteiger partial charge in [-0.1, -0.05) is 0 Å². The molecular formula is C13H25N3O2. The lowest BCUT2D eigenvalue weighted by Gasteiger charge is -2.38. The van der Waals surface area contributed by atoms with Gasteiger partial charge in [0.2, 0.25) is 5.91 Å². The Morgan fingerprint density at radius 2 is 1.94 bits per heavy atom. The van der Waals surface area contributed by atoms with Crippen molar-refractivity contribution in [2.75, 3.05) is 46.4 Å². The lowest BCUT2D eigenvalue weighted by atomic mass is 10.1. The van der Waals surface area contributed by atoms with E-state index in [0.29, 0.717) is 6.04 Å². The molecule has 0 saturated carbocycles. The van der Waals surface area contributed by atoms with E-state index in [4.69, 9.17) is 4.74 Å². The topological polar surface area (TPSA) is 44.8 Å². The molecule has 2 fully saturated rings. The third kappa shape index (κ3) is 3.22. The Labute approximate surface area is 109 Å². The van der Waals surface area contributed by atoms with E-state index in [1.54, 1.807) is 0 Å². The number of carbonyl (C=O) groups is 1.